The Kier molecular flexibility index (Phi) is 12.2. The van der Waals surface area contributed by atoms with Crippen molar-refractivity contribution in [2.75, 3.05) is 13.1 Å². The molecule has 15 heteroatoms. The molecule has 3 amide bonds. The minimum absolute atomic E-state index is 0.0180. The van der Waals surface area contributed by atoms with Crippen LogP contribution in [0.2, 0.25) is 0 Å². The molecule has 12 N–H and O–H groups in total. The SMILES string of the molecule is CC(O)C(NC(=O)CNC(=O)C(N)CC(=O)O)C(=O)NC(CCCN=C(N)N)C(=O)O. The first kappa shape index (κ1) is 27.5. The van der Waals surface area contributed by atoms with Crippen LogP contribution < -0.4 is 33.2 Å². The average molecular weight is 447 g/mol. The first-order chi connectivity index (χ1) is 14.3. The molecule has 31 heavy (non-hydrogen) atoms. The summed E-state index contributed by atoms with van der Waals surface area (Å²) >= 11 is 0. The molecule has 176 valence electrons. The Bertz CT molecular complexity index is 693. The van der Waals surface area contributed by atoms with Gasteiger partial charge in [-0.3, -0.25) is 24.2 Å². The van der Waals surface area contributed by atoms with Crippen LogP contribution in [0.5, 0.6) is 0 Å². The van der Waals surface area contributed by atoms with E-state index in [0.29, 0.717) is 0 Å². The van der Waals surface area contributed by atoms with Crippen molar-refractivity contribution in [3.8, 4) is 0 Å². The summed E-state index contributed by atoms with van der Waals surface area (Å²) in [4.78, 5) is 61.5. The van der Waals surface area contributed by atoms with Gasteiger partial charge in [-0.1, -0.05) is 0 Å². The molecule has 0 aromatic rings. The summed E-state index contributed by atoms with van der Waals surface area (Å²) in [6.07, 6.45) is -1.82. The van der Waals surface area contributed by atoms with Gasteiger partial charge in [0.15, 0.2) is 5.96 Å². The molecule has 0 rings (SSSR count). The van der Waals surface area contributed by atoms with E-state index in [0.717, 1.165) is 0 Å². The van der Waals surface area contributed by atoms with E-state index >= 15 is 0 Å². The second-order valence-corrected chi connectivity index (χ2v) is 6.56. The van der Waals surface area contributed by atoms with Gasteiger partial charge in [0.25, 0.3) is 0 Å². The minimum atomic E-state index is -1.52. The highest BCUT2D eigenvalue weighted by Gasteiger charge is 2.29. The Balaban J connectivity index is 4.82. The monoisotopic (exact) mass is 447 g/mol. The number of aliphatic hydroxyl groups excluding tert-OH is 1. The summed E-state index contributed by atoms with van der Waals surface area (Å²) in [7, 11) is 0. The van der Waals surface area contributed by atoms with Crippen molar-refractivity contribution in [3.63, 3.8) is 0 Å². The van der Waals surface area contributed by atoms with Gasteiger partial charge < -0.3 is 48.5 Å². The van der Waals surface area contributed by atoms with Crippen molar-refractivity contribution in [3.05, 3.63) is 0 Å². The van der Waals surface area contributed by atoms with Crippen LogP contribution in [-0.2, 0) is 24.0 Å². The Labute approximate surface area is 177 Å². The predicted molar refractivity (Wildman–Crippen MR) is 106 cm³/mol. The zero-order valence-corrected chi connectivity index (χ0v) is 16.9. The Morgan fingerprint density at radius 3 is 2.13 bits per heavy atom. The highest BCUT2D eigenvalue weighted by molar-refractivity contribution is 5.93. The largest absolute Gasteiger partial charge is 0.481 e. The molecule has 0 fully saturated rings. The second-order valence-electron chi connectivity index (χ2n) is 6.56. The van der Waals surface area contributed by atoms with E-state index < -0.39 is 66.9 Å². The van der Waals surface area contributed by atoms with Gasteiger partial charge >= 0.3 is 11.9 Å². The van der Waals surface area contributed by atoms with Gasteiger partial charge in [-0.25, -0.2) is 4.79 Å². The number of carbonyl (C=O) groups excluding carboxylic acids is 3. The molecule has 0 saturated carbocycles. The van der Waals surface area contributed by atoms with Gasteiger partial charge in [-0.2, -0.15) is 0 Å². The van der Waals surface area contributed by atoms with Crippen LogP contribution >= 0.6 is 0 Å². The average Bonchev–Trinajstić information content (AvgIpc) is 2.64. The number of carboxylic acids is 2. The number of nitrogens with zero attached hydrogens (tertiary/aromatic N) is 1. The lowest BCUT2D eigenvalue weighted by atomic mass is 10.1. The molecule has 0 aliphatic rings. The van der Waals surface area contributed by atoms with Crippen molar-refractivity contribution in [1.29, 1.82) is 0 Å². The van der Waals surface area contributed by atoms with Crippen molar-refractivity contribution in [2.45, 2.75) is 50.4 Å². The summed E-state index contributed by atoms with van der Waals surface area (Å²) in [6.45, 7) is 0.687. The number of nitrogens with one attached hydrogen (secondary N) is 3. The Hall–Kier alpha value is -3.46. The number of carboxylic acid groups (broad SMARTS) is 2. The molecule has 4 atom stereocenters. The molecule has 0 bridgehead atoms. The Morgan fingerprint density at radius 1 is 1.03 bits per heavy atom. The van der Waals surface area contributed by atoms with Gasteiger partial charge in [0.1, 0.15) is 12.1 Å². The molecule has 15 nitrogen and oxygen atoms in total. The van der Waals surface area contributed by atoms with E-state index in [9.17, 15) is 34.2 Å². The number of hydrogen-bond donors (Lipinski definition) is 9. The fraction of sp³-hybridized carbons (Fsp3) is 0.625. The van der Waals surface area contributed by atoms with Crippen LogP contribution in [0, 0.1) is 0 Å². The molecule has 0 spiro atoms. The summed E-state index contributed by atoms with van der Waals surface area (Å²) in [5.74, 6) is -5.56. The van der Waals surface area contributed by atoms with Gasteiger partial charge in [0.2, 0.25) is 17.7 Å². The van der Waals surface area contributed by atoms with Crippen LogP contribution in [0.25, 0.3) is 0 Å². The van der Waals surface area contributed by atoms with Crippen molar-refractivity contribution < 1.29 is 39.3 Å². The van der Waals surface area contributed by atoms with Crippen LogP contribution in [0.3, 0.4) is 0 Å². The number of amides is 3. The first-order valence-corrected chi connectivity index (χ1v) is 9.16. The molecule has 0 saturated heterocycles. The summed E-state index contributed by atoms with van der Waals surface area (Å²) in [5.41, 5.74) is 15.7. The van der Waals surface area contributed by atoms with Crippen molar-refractivity contribution in [1.82, 2.24) is 16.0 Å². The maximum absolute atomic E-state index is 12.4. The number of aliphatic carboxylic acids is 2. The second kappa shape index (κ2) is 13.7. The normalized spacial score (nSPS) is 14.3. The molecule has 0 aromatic carbocycles. The number of guanidine groups is 1. The number of nitrogens with two attached hydrogens (primary N) is 3. The molecule has 0 aliphatic carbocycles. The van der Waals surface area contributed by atoms with Crippen molar-refractivity contribution in [2.24, 2.45) is 22.2 Å². The Morgan fingerprint density at radius 2 is 1.65 bits per heavy atom. The number of aliphatic hydroxyl groups is 1. The third-order valence-electron chi connectivity index (χ3n) is 3.80. The van der Waals surface area contributed by atoms with Gasteiger partial charge in [-0.15, -0.1) is 0 Å². The van der Waals surface area contributed by atoms with E-state index in [-0.39, 0.29) is 25.3 Å². The van der Waals surface area contributed by atoms with Gasteiger partial charge in [0, 0.05) is 6.54 Å². The maximum atomic E-state index is 12.4. The van der Waals surface area contributed by atoms with Gasteiger partial charge in [0.05, 0.1) is 25.1 Å². The van der Waals surface area contributed by atoms with E-state index in [1.165, 1.54) is 6.92 Å². The number of rotatable bonds is 14. The van der Waals surface area contributed by atoms with E-state index in [4.69, 9.17) is 22.3 Å². The van der Waals surface area contributed by atoms with Crippen LogP contribution in [-0.4, -0.2) is 88.3 Å². The summed E-state index contributed by atoms with van der Waals surface area (Å²) in [6, 6.07) is -4.22. The number of hydrogen-bond acceptors (Lipinski definition) is 8. The molecular formula is C16H29N7O8. The van der Waals surface area contributed by atoms with Gasteiger partial charge in [-0.05, 0) is 19.8 Å². The minimum Gasteiger partial charge on any atom is -0.481 e. The third-order valence-corrected chi connectivity index (χ3v) is 3.80. The molecule has 0 radical (unpaired) electrons. The quantitative estimate of drug-likeness (QED) is 0.0693. The number of aliphatic imine (C=N–C) groups is 1. The predicted octanol–water partition coefficient (Wildman–Crippen LogP) is -4.61. The zero-order valence-electron chi connectivity index (χ0n) is 16.9. The maximum Gasteiger partial charge on any atom is 0.326 e. The lowest BCUT2D eigenvalue weighted by Crippen LogP contribution is -2.57. The fourth-order valence-corrected chi connectivity index (χ4v) is 2.23. The van der Waals surface area contributed by atoms with Crippen molar-refractivity contribution >= 4 is 35.6 Å². The van der Waals surface area contributed by atoms with Crippen LogP contribution in [0.4, 0.5) is 0 Å². The van der Waals surface area contributed by atoms with E-state index in [2.05, 4.69) is 20.9 Å². The van der Waals surface area contributed by atoms with E-state index in [1.807, 2.05) is 0 Å². The fourth-order valence-electron chi connectivity index (χ4n) is 2.23. The molecule has 0 heterocycles. The van der Waals surface area contributed by atoms with Crippen LogP contribution in [0.15, 0.2) is 4.99 Å². The third kappa shape index (κ3) is 12.0. The summed E-state index contributed by atoms with van der Waals surface area (Å²) in [5, 5.41) is 34.1. The lowest BCUT2D eigenvalue weighted by Gasteiger charge is -2.23. The van der Waals surface area contributed by atoms with Crippen LogP contribution in [0.1, 0.15) is 26.2 Å². The zero-order chi connectivity index (χ0) is 24.1. The lowest BCUT2D eigenvalue weighted by molar-refractivity contribution is -0.143. The molecular weight excluding hydrogens is 418 g/mol. The number of carbonyl (C=O) groups is 5. The highest BCUT2D eigenvalue weighted by Crippen LogP contribution is 2.01. The smallest absolute Gasteiger partial charge is 0.326 e. The molecule has 0 aromatic heterocycles. The topological polar surface area (TPSA) is 273 Å². The van der Waals surface area contributed by atoms with E-state index in [1.54, 1.807) is 0 Å². The standard InChI is InChI=1S/C16H29N7O8/c1-7(24)12(23-10(25)6-21-13(28)8(17)5-11(26)27)14(29)22-9(15(30)31)3-2-4-20-16(18)19/h7-9,12,24H,2-6,17H2,1H3,(H,21,28)(H,22,29)(H,23,25)(H,26,27)(H,30,31)(H4,18,19,20). The summed E-state index contributed by atoms with van der Waals surface area (Å²) < 4.78 is 0. The highest BCUT2D eigenvalue weighted by atomic mass is 16.4. The molecule has 0 aliphatic heterocycles. The first-order valence-electron chi connectivity index (χ1n) is 9.16. The molecule has 4 unspecified atom stereocenters.